The molecule has 1 aliphatic carbocycles. The van der Waals surface area contributed by atoms with Crippen molar-refractivity contribution in [1.82, 2.24) is 5.32 Å². The van der Waals surface area contributed by atoms with E-state index in [1.165, 1.54) is 6.07 Å². The summed E-state index contributed by atoms with van der Waals surface area (Å²) < 4.78 is 5.33. The predicted octanol–water partition coefficient (Wildman–Crippen LogP) is 2.90. The number of amides is 2. The van der Waals surface area contributed by atoms with Crippen molar-refractivity contribution in [2.24, 2.45) is 0 Å². The second-order valence-electron chi connectivity index (χ2n) is 5.62. The van der Waals surface area contributed by atoms with E-state index in [-0.39, 0.29) is 23.9 Å². The van der Waals surface area contributed by atoms with Gasteiger partial charge in [-0.1, -0.05) is 0 Å². The Morgan fingerprint density at radius 1 is 1.32 bits per heavy atom. The third-order valence-corrected chi connectivity index (χ3v) is 4.06. The number of carbonyl (C=O) groups excluding carboxylic acids is 1. The lowest BCUT2D eigenvalue weighted by Gasteiger charge is -2.20. The molecule has 0 saturated heterocycles. The first-order chi connectivity index (χ1) is 10.4. The van der Waals surface area contributed by atoms with Gasteiger partial charge in [0.25, 0.3) is 5.69 Å². The van der Waals surface area contributed by atoms with Crippen molar-refractivity contribution in [3.05, 3.63) is 33.4 Å². The molecule has 0 heterocycles. The molecule has 0 radical (unpaired) electrons. The molecule has 0 spiro atoms. The summed E-state index contributed by atoms with van der Waals surface area (Å²) in [6.07, 6.45) is 2.84. The Hall–Kier alpha value is -2.15. The minimum absolute atomic E-state index is 0.00321. The van der Waals surface area contributed by atoms with Crippen LogP contribution >= 0.6 is 0 Å². The summed E-state index contributed by atoms with van der Waals surface area (Å²) in [7, 11) is 1.63. The molecule has 2 rings (SSSR count). The fourth-order valence-electron chi connectivity index (χ4n) is 2.87. The minimum Gasteiger partial charge on any atom is -0.379 e. The number of methoxy groups -OCH3 is 1. The van der Waals surface area contributed by atoms with E-state index in [2.05, 4.69) is 10.6 Å². The Morgan fingerprint density at radius 2 is 2.05 bits per heavy atom. The summed E-state index contributed by atoms with van der Waals surface area (Å²) in [6, 6.07) is 2.70. The lowest BCUT2D eigenvalue weighted by molar-refractivity contribution is -0.385. The number of anilines is 1. The maximum atomic E-state index is 12.1. The molecule has 120 valence electrons. The highest BCUT2D eigenvalue weighted by Crippen LogP contribution is 2.26. The van der Waals surface area contributed by atoms with Gasteiger partial charge in [0.1, 0.15) is 0 Å². The van der Waals surface area contributed by atoms with Gasteiger partial charge < -0.3 is 15.4 Å². The molecule has 2 N–H and O–H groups in total. The van der Waals surface area contributed by atoms with Crippen molar-refractivity contribution in [3.8, 4) is 0 Å². The lowest BCUT2D eigenvalue weighted by atomic mass is 10.1. The van der Waals surface area contributed by atoms with Gasteiger partial charge in [0, 0.05) is 18.7 Å². The summed E-state index contributed by atoms with van der Waals surface area (Å²) in [5.74, 6) is 0. The van der Waals surface area contributed by atoms with Gasteiger partial charge in [-0.2, -0.15) is 0 Å². The number of nitrogens with zero attached hydrogens (tertiary/aromatic N) is 1. The molecule has 7 heteroatoms. The first-order valence-electron chi connectivity index (χ1n) is 7.28. The van der Waals surface area contributed by atoms with Crippen LogP contribution in [0.2, 0.25) is 0 Å². The van der Waals surface area contributed by atoms with Crippen molar-refractivity contribution < 1.29 is 14.5 Å². The molecule has 0 unspecified atom stereocenters. The summed E-state index contributed by atoms with van der Waals surface area (Å²) in [5.41, 5.74) is 1.80. The lowest BCUT2D eigenvalue weighted by Crippen LogP contribution is -2.43. The van der Waals surface area contributed by atoms with Crippen LogP contribution in [0.4, 0.5) is 16.2 Å². The molecule has 0 aliphatic heterocycles. The van der Waals surface area contributed by atoms with Crippen LogP contribution in [0.25, 0.3) is 0 Å². The minimum atomic E-state index is -0.449. The topological polar surface area (TPSA) is 93.5 Å². The Kier molecular flexibility index (Phi) is 4.97. The molecule has 7 nitrogen and oxygen atoms in total. The van der Waals surface area contributed by atoms with Crippen LogP contribution in [0.3, 0.4) is 0 Å². The van der Waals surface area contributed by atoms with Crippen LogP contribution in [0.15, 0.2) is 12.1 Å². The highest BCUT2D eigenvalue weighted by atomic mass is 16.6. The van der Waals surface area contributed by atoms with Gasteiger partial charge >= 0.3 is 6.03 Å². The number of hydrogen-bond donors (Lipinski definition) is 2. The molecule has 1 saturated carbocycles. The van der Waals surface area contributed by atoms with Crippen molar-refractivity contribution in [2.75, 3.05) is 12.4 Å². The van der Waals surface area contributed by atoms with E-state index in [4.69, 9.17) is 4.74 Å². The summed E-state index contributed by atoms with van der Waals surface area (Å²) in [6.45, 7) is 3.48. The first kappa shape index (κ1) is 16.2. The molecule has 1 fully saturated rings. The van der Waals surface area contributed by atoms with E-state index in [0.717, 1.165) is 24.8 Å². The maximum absolute atomic E-state index is 12.1. The molecular weight excluding hydrogens is 286 g/mol. The standard InChI is InChI=1S/C15H21N3O4/c1-9-7-10(2)13(18(20)21)8-12(9)17-15(19)16-11-5-4-6-14(11)22-3/h7-8,11,14H,4-6H2,1-3H3,(H2,16,17,19)/t11-,14+/m1/s1. The van der Waals surface area contributed by atoms with Crippen molar-refractivity contribution in [2.45, 2.75) is 45.3 Å². The van der Waals surface area contributed by atoms with Crippen LogP contribution in [-0.2, 0) is 4.74 Å². The normalized spacial score (nSPS) is 20.7. The molecular formula is C15H21N3O4. The number of benzene rings is 1. The third-order valence-electron chi connectivity index (χ3n) is 4.06. The number of carbonyl (C=O) groups is 1. The van der Waals surface area contributed by atoms with E-state index in [1.54, 1.807) is 27.0 Å². The third kappa shape index (κ3) is 3.54. The number of ether oxygens (including phenoxy) is 1. The van der Waals surface area contributed by atoms with Gasteiger partial charge in [-0.3, -0.25) is 10.1 Å². The van der Waals surface area contributed by atoms with Crippen molar-refractivity contribution in [1.29, 1.82) is 0 Å². The molecule has 0 bridgehead atoms. The number of nitrogens with one attached hydrogen (secondary N) is 2. The van der Waals surface area contributed by atoms with Gasteiger partial charge in [0.2, 0.25) is 0 Å². The highest BCUT2D eigenvalue weighted by molar-refractivity contribution is 5.91. The number of urea groups is 1. The van der Waals surface area contributed by atoms with Crippen LogP contribution in [0.1, 0.15) is 30.4 Å². The summed E-state index contributed by atoms with van der Waals surface area (Å²) in [5, 5.41) is 16.6. The molecule has 2 amide bonds. The number of nitro groups is 1. The SMILES string of the molecule is CO[C@H]1CCC[C@H]1NC(=O)Nc1cc([N+](=O)[O-])c(C)cc1C. The molecule has 1 aromatic carbocycles. The Balaban J connectivity index is 2.08. The Labute approximate surface area is 129 Å². The molecule has 22 heavy (non-hydrogen) atoms. The Bertz CT molecular complexity index is 588. The molecule has 2 atom stereocenters. The molecule has 1 aliphatic rings. The Morgan fingerprint density at radius 3 is 2.68 bits per heavy atom. The zero-order valence-electron chi connectivity index (χ0n) is 13.0. The zero-order chi connectivity index (χ0) is 16.3. The average molecular weight is 307 g/mol. The van der Waals surface area contributed by atoms with Crippen molar-refractivity contribution in [3.63, 3.8) is 0 Å². The fourth-order valence-corrected chi connectivity index (χ4v) is 2.87. The average Bonchev–Trinajstić information content (AvgIpc) is 2.88. The van der Waals surface area contributed by atoms with E-state index in [1.807, 2.05) is 0 Å². The molecule has 0 aromatic heterocycles. The van der Waals surface area contributed by atoms with E-state index >= 15 is 0 Å². The number of rotatable bonds is 4. The highest BCUT2D eigenvalue weighted by Gasteiger charge is 2.28. The van der Waals surface area contributed by atoms with Crippen LogP contribution < -0.4 is 10.6 Å². The molecule has 1 aromatic rings. The van der Waals surface area contributed by atoms with Gasteiger partial charge in [-0.25, -0.2) is 4.79 Å². The quantitative estimate of drug-likeness (QED) is 0.660. The van der Waals surface area contributed by atoms with Gasteiger partial charge in [-0.05, 0) is 44.7 Å². The monoisotopic (exact) mass is 307 g/mol. The van der Waals surface area contributed by atoms with E-state index in [9.17, 15) is 14.9 Å². The first-order valence-corrected chi connectivity index (χ1v) is 7.28. The number of nitro benzene ring substituents is 1. The number of aryl methyl sites for hydroxylation is 2. The van der Waals surface area contributed by atoms with Crippen LogP contribution in [0.5, 0.6) is 0 Å². The summed E-state index contributed by atoms with van der Waals surface area (Å²) in [4.78, 5) is 22.6. The summed E-state index contributed by atoms with van der Waals surface area (Å²) >= 11 is 0. The van der Waals surface area contributed by atoms with E-state index < -0.39 is 4.92 Å². The van der Waals surface area contributed by atoms with Crippen LogP contribution in [0, 0.1) is 24.0 Å². The van der Waals surface area contributed by atoms with Gasteiger partial charge in [-0.15, -0.1) is 0 Å². The van der Waals surface area contributed by atoms with Gasteiger partial charge in [0.05, 0.1) is 22.8 Å². The fraction of sp³-hybridized carbons (Fsp3) is 0.533. The van der Waals surface area contributed by atoms with E-state index in [0.29, 0.717) is 11.3 Å². The van der Waals surface area contributed by atoms with Gasteiger partial charge in [0.15, 0.2) is 0 Å². The van der Waals surface area contributed by atoms with Crippen molar-refractivity contribution >= 4 is 17.4 Å². The smallest absolute Gasteiger partial charge is 0.319 e. The largest absolute Gasteiger partial charge is 0.379 e. The zero-order valence-corrected chi connectivity index (χ0v) is 13.0. The number of hydrogen-bond acceptors (Lipinski definition) is 4. The maximum Gasteiger partial charge on any atom is 0.319 e. The van der Waals surface area contributed by atoms with Crippen LogP contribution in [-0.4, -0.2) is 30.2 Å². The predicted molar refractivity (Wildman–Crippen MR) is 83.2 cm³/mol. The second kappa shape index (κ2) is 6.74. The second-order valence-corrected chi connectivity index (χ2v) is 5.62.